The van der Waals surface area contributed by atoms with Crippen LogP contribution >= 0.6 is 0 Å². The van der Waals surface area contributed by atoms with Gasteiger partial charge >= 0.3 is 0 Å². The zero-order valence-corrected chi connectivity index (χ0v) is 13.4. The standard InChI is InChI=1S/C17H28N4/c1-3-6-18-9-14-10-19-17(20-11-14)21(2)12-16-8-13-4-5-15(16)7-13/h10-11,13,15-16,18H,3-9,12H2,1-2H3. The molecule has 4 heteroatoms. The maximum Gasteiger partial charge on any atom is 0.225 e. The summed E-state index contributed by atoms with van der Waals surface area (Å²) in [5, 5.41) is 3.38. The van der Waals surface area contributed by atoms with Crippen LogP contribution in [0.2, 0.25) is 0 Å². The van der Waals surface area contributed by atoms with Gasteiger partial charge in [-0.05, 0) is 50.0 Å². The summed E-state index contributed by atoms with van der Waals surface area (Å²) in [6, 6.07) is 0. The Labute approximate surface area is 128 Å². The van der Waals surface area contributed by atoms with Crippen LogP contribution in [-0.4, -0.2) is 30.1 Å². The summed E-state index contributed by atoms with van der Waals surface area (Å²) in [7, 11) is 2.14. The van der Waals surface area contributed by atoms with E-state index in [1.807, 2.05) is 12.4 Å². The van der Waals surface area contributed by atoms with Gasteiger partial charge in [-0.2, -0.15) is 0 Å². The number of aromatic nitrogens is 2. The predicted molar refractivity (Wildman–Crippen MR) is 86.2 cm³/mol. The maximum absolute atomic E-state index is 4.54. The molecule has 116 valence electrons. The molecule has 2 aliphatic rings. The van der Waals surface area contributed by atoms with Crippen LogP contribution in [0.1, 0.15) is 44.6 Å². The lowest BCUT2D eigenvalue weighted by molar-refractivity contribution is 0.336. The Morgan fingerprint density at radius 1 is 1.24 bits per heavy atom. The molecule has 0 aliphatic heterocycles. The minimum absolute atomic E-state index is 0.864. The van der Waals surface area contributed by atoms with E-state index < -0.39 is 0 Å². The summed E-state index contributed by atoms with van der Waals surface area (Å²) in [6.07, 6.45) is 10.9. The van der Waals surface area contributed by atoms with Gasteiger partial charge in [-0.3, -0.25) is 0 Å². The van der Waals surface area contributed by atoms with Gasteiger partial charge in [0.15, 0.2) is 0 Å². The second kappa shape index (κ2) is 6.73. The normalized spacial score (nSPS) is 27.2. The first kappa shape index (κ1) is 14.8. The summed E-state index contributed by atoms with van der Waals surface area (Å²) in [5.74, 6) is 3.72. The highest BCUT2D eigenvalue weighted by molar-refractivity contribution is 5.28. The number of nitrogens with one attached hydrogen (secondary N) is 1. The number of fused-ring (bicyclic) bond motifs is 2. The topological polar surface area (TPSA) is 41.1 Å². The fourth-order valence-corrected chi connectivity index (χ4v) is 4.08. The first-order valence-electron chi connectivity index (χ1n) is 8.49. The van der Waals surface area contributed by atoms with Crippen molar-refractivity contribution in [3.63, 3.8) is 0 Å². The van der Waals surface area contributed by atoms with E-state index in [1.165, 1.54) is 31.2 Å². The van der Waals surface area contributed by atoms with Gasteiger partial charge in [0.1, 0.15) is 0 Å². The zero-order valence-electron chi connectivity index (χ0n) is 13.4. The van der Waals surface area contributed by atoms with Crippen molar-refractivity contribution in [2.24, 2.45) is 17.8 Å². The molecule has 2 saturated carbocycles. The summed E-state index contributed by atoms with van der Waals surface area (Å²) in [6.45, 7) is 5.21. The van der Waals surface area contributed by atoms with Crippen molar-refractivity contribution in [2.45, 2.75) is 45.6 Å². The van der Waals surface area contributed by atoms with E-state index in [2.05, 4.69) is 34.2 Å². The lowest BCUT2D eigenvalue weighted by Crippen LogP contribution is -2.29. The van der Waals surface area contributed by atoms with Crippen LogP contribution < -0.4 is 10.2 Å². The highest BCUT2D eigenvalue weighted by Gasteiger charge is 2.39. The number of hydrogen-bond acceptors (Lipinski definition) is 4. The molecule has 1 aromatic heterocycles. The Morgan fingerprint density at radius 2 is 2.05 bits per heavy atom. The summed E-state index contributed by atoms with van der Waals surface area (Å²) in [4.78, 5) is 11.3. The molecule has 0 spiro atoms. The van der Waals surface area contributed by atoms with Crippen molar-refractivity contribution in [1.82, 2.24) is 15.3 Å². The van der Waals surface area contributed by atoms with Gasteiger partial charge < -0.3 is 10.2 Å². The van der Waals surface area contributed by atoms with Crippen LogP contribution in [0.25, 0.3) is 0 Å². The first-order valence-corrected chi connectivity index (χ1v) is 8.49. The SMILES string of the molecule is CCCNCc1cnc(N(C)CC2CC3CCC2C3)nc1. The third kappa shape index (κ3) is 3.54. The Balaban J connectivity index is 1.51. The van der Waals surface area contributed by atoms with Gasteiger partial charge in [0, 0.05) is 38.1 Å². The molecular weight excluding hydrogens is 260 g/mol. The Hall–Kier alpha value is -1.16. The van der Waals surface area contributed by atoms with Gasteiger partial charge in [-0.15, -0.1) is 0 Å². The first-order chi connectivity index (χ1) is 10.3. The highest BCUT2D eigenvalue weighted by atomic mass is 15.2. The molecule has 3 rings (SSSR count). The Kier molecular flexibility index (Phi) is 4.73. The average Bonchev–Trinajstić information content (AvgIpc) is 3.11. The molecule has 2 fully saturated rings. The highest BCUT2D eigenvalue weighted by Crippen LogP contribution is 2.48. The molecule has 4 nitrogen and oxygen atoms in total. The lowest BCUT2D eigenvalue weighted by atomic mass is 9.88. The van der Waals surface area contributed by atoms with E-state index in [4.69, 9.17) is 0 Å². The molecular formula is C17H28N4. The fourth-order valence-electron chi connectivity index (χ4n) is 4.08. The zero-order chi connectivity index (χ0) is 14.7. The van der Waals surface area contributed by atoms with Crippen LogP contribution in [0.15, 0.2) is 12.4 Å². The molecule has 2 aliphatic carbocycles. The monoisotopic (exact) mass is 288 g/mol. The van der Waals surface area contributed by atoms with Gasteiger partial charge in [0.25, 0.3) is 0 Å². The van der Waals surface area contributed by atoms with Gasteiger partial charge in [-0.1, -0.05) is 13.3 Å². The molecule has 2 bridgehead atoms. The maximum atomic E-state index is 4.54. The molecule has 1 aromatic rings. The predicted octanol–water partition coefficient (Wildman–Crippen LogP) is 2.85. The van der Waals surface area contributed by atoms with E-state index in [9.17, 15) is 0 Å². The molecule has 1 N–H and O–H groups in total. The quantitative estimate of drug-likeness (QED) is 0.783. The Morgan fingerprint density at radius 3 is 2.67 bits per heavy atom. The van der Waals surface area contributed by atoms with Crippen LogP contribution in [0.4, 0.5) is 5.95 Å². The molecule has 3 atom stereocenters. The third-order valence-electron chi connectivity index (χ3n) is 5.18. The van der Waals surface area contributed by atoms with Crippen LogP contribution in [0.5, 0.6) is 0 Å². The van der Waals surface area contributed by atoms with Gasteiger partial charge in [0.2, 0.25) is 5.95 Å². The van der Waals surface area contributed by atoms with E-state index in [-0.39, 0.29) is 0 Å². The smallest absolute Gasteiger partial charge is 0.225 e. The minimum Gasteiger partial charge on any atom is -0.344 e. The summed E-state index contributed by atoms with van der Waals surface area (Å²) >= 11 is 0. The molecule has 3 unspecified atom stereocenters. The minimum atomic E-state index is 0.864. The molecule has 0 amide bonds. The largest absolute Gasteiger partial charge is 0.344 e. The lowest BCUT2D eigenvalue weighted by Gasteiger charge is -2.27. The molecule has 0 aromatic carbocycles. The van der Waals surface area contributed by atoms with Crippen molar-refractivity contribution in [2.75, 3.05) is 25.0 Å². The van der Waals surface area contributed by atoms with Crippen molar-refractivity contribution in [1.29, 1.82) is 0 Å². The van der Waals surface area contributed by atoms with Crippen molar-refractivity contribution >= 4 is 5.95 Å². The van der Waals surface area contributed by atoms with E-state index in [0.29, 0.717) is 0 Å². The van der Waals surface area contributed by atoms with Gasteiger partial charge in [-0.25, -0.2) is 9.97 Å². The van der Waals surface area contributed by atoms with Crippen molar-refractivity contribution < 1.29 is 0 Å². The van der Waals surface area contributed by atoms with E-state index in [1.54, 1.807) is 0 Å². The number of rotatable bonds is 7. The van der Waals surface area contributed by atoms with Crippen LogP contribution in [-0.2, 0) is 6.54 Å². The third-order valence-corrected chi connectivity index (χ3v) is 5.18. The Bertz CT molecular complexity index is 445. The molecule has 1 heterocycles. The van der Waals surface area contributed by atoms with E-state index >= 15 is 0 Å². The number of anilines is 1. The van der Waals surface area contributed by atoms with E-state index in [0.717, 1.165) is 49.8 Å². The fraction of sp³-hybridized carbons (Fsp3) is 0.765. The van der Waals surface area contributed by atoms with Gasteiger partial charge in [0.05, 0.1) is 0 Å². The molecule has 0 saturated heterocycles. The second-order valence-electron chi connectivity index (χ2n) is 6.88. The van der Waals surface area contributed by atoms with Crippen molar-refractivity contribution in [3.8, 4) is 0 Å². The number of hydrogen-bond donors (Lipinski definition) is 1. The average molecular weight is 288 g/mol. The second-order valence-corrected chi connectivity index (χ2v) is 6.88. The molecule has 0 radical (unpaired) electrons. The van der Waals surface area contributed by atoms with Crippen molar-refractivity contribution in [3.05, 3.63) is 18.0 Å². The summed E-state index contributed by atoms with van der Waals surface area (Å²) < 4.78 is 0. The van der Waals surface area contributed by atoms with Crippen LogP contribution in [0, 0.1) is 17.8 Å². The summed E-state index contributed by atoms with van der Waals surface area (Å²) in [5.41, 5.74) is 1.17. The molecule has 21 heavy (non-hydrogen) atoms. The van der Waals surface area contributed by atoms with Crippen LogP contribution in [0.3, 0.4) is 0 Å². The number of nitrogens with zero attached hydrogens (tertiary/aromatic N) is 3.